The number of nitrogens with one attached hydrogen (secondary N) is 2. The zero-order chi connectivity index (χ0) is 37.6. The molecule has 1 saturated carbocycles. The van der Waals surface area contributed by atoms with Crippen LogP contribution in [0.15, 0.2) is 37.4 Å². The molecule has 5 rings (SSSR count). The monoisotopic (exact) mass is 724 g/mol. The number of carbonyl (C=O) groups excluding carboxylic acids is 5. The van der Waals surface area contributed by atoms with Crippen molar-refractivity contribution < 1.29 is 47.7 Å². The van der Waals surface area contributed by atoms with E-state index in [1.54, 1.807) is 38.7 Å². The molecule has 5 atom stereocenters. The topological polar surface area (TPSA) is 162 Å². The molecule has 3 heterocycles. The lowest BCUT2D eigenvalue weighted by atomic mass is 10.0. The molecule has 1 aromatic rings. The van der Waals surface area contributed by atoms with Gasteiger partial charge in [-0.2, -0.15) is 0 Å². The molecule has 0 radical (unpaired) electrons. The van der Waals surface area contributed by atoms with E-state index >= 15 is 0 Å². The maximum Gasteiger partial charge on any atom is 0.410 e. The molecule has 14 nitrogen and oxygen atoms in total. The molecule has 284 valence electrons. The highest BCUT2D eigenvalue weighted by molar-refractivity contribution is 5.96. The van der Waals surface area contributed by atoms with E-state index in [1.165, 1.54) is 4.90 Å². The molecule has 1 aliphatic carbocycles. The van der Waals surface area contributed by atoms with Gasteiger partial charge in [0.2, 0.25) is 11.8 Å². The van der Waals surface area contributed by atoms with Gasteiger partial charge in [0.05, 0.1) is 13.2 Å². The van der Waals surface area contributed by atoms with Crippen LogP contribution in [0.1, 0.15) is 83.8 Å². The maximum absolute atomic E-state index is 14.4. The van der Waals surface area contributed by atoms with Crippen molar-refractivity contribution in [3.05, 3.63) is 48.6 Å². The molecule has 0 bridgehead atoms. The Kier molecular flexibility index (Phi) is 12.1. The molecule has 52 heavy (non-hydrogen) atoms. The first-order valence-electron chi connectivity index (χ1n) is 18.2. The molecule has 2 N–H and O–H groups in total. The summed E-state index contributed by atoms with van der Waals surface area (Å²) in [5, 5.41) is 5.57. The number of carbonyl (C=O) groups is 5. The summed E-state index contributed by atoms with van der Waals surface area (Å²) in [5.74, 6) is -0.778. The van der Waals surface area contributed by atoms with Crippen molar-refractivity contribution in [3.8, 4) is 11.5 Å². The second-order valence-electron chi connectivity index (χ2n) is 14.7. The molecule has 1 aromatic carbocycles. The fraction of sp³-hybridized carbons (Fsp3) is 0.605. The van der Waals surface area contributed by atoms with Crippen molar-refractivity contribution in [3.63, 3.8) is 0 Å². The minimum atomic E-state index is -1.30. The molecule has 4 amide bonds. The van der Waals surface area contributed by atoms with Crippen molar-refractivity contribution in [1.29, 1.82) is 0 Å². The van der Waals surface area contributed by atoms with E-state index in [0.29, 0.717) is 57.1 Å². The Bertz CT molecular complexity index is 1520. The summed E-state index contributed by atoms with van der Waals surface area (Å²) >= 11 is 0. The fourth-order valence-corrected chi connectivity index (χ4v) is 6.94. The van der Waals surface area contributed by atoms with Crippen molar-refractivity contribution >= 4 is 30.0 Å². The minimum absolute atomic E-state index is 0.0176. The number of hydrogen-bond donors (Lipinski definition) is 2. The predicted molar refractivity (Wildman–Crippen MR) is 189 cm³/mol. The first kappa shape index (κ1) is 38.5. The molecule has 0 spiro atoms. The third kappa shape index (κ3) is 8.99. The number of fused-ring (bicyclic) bond motifs is 2. The van der Waals surface area contributed by atoms with Crippen LogP contribution in [0.3, 0.4) is 0 Å². The van der Waals surface area contributed by atoms with E-state index in [0.717, 1.165) is 30.4 Å². The van der Waals surface area contributed by atoms with Crippen molar-refractivity contribution in [1.82, 2.24) is 20.4 Å². The van der Waals surface area contributed by atoms with Crippen LogP contribution >= 0.6 is 0 Å². The van der Waals surface area contributed by atoms with E-state index in [-0.39, 0.29) is 25.5 Å². The van der Waals surface area contributed by atoms with Crippen molar-refractivity contribution in [2.75, 3.05) is 26.4 Å². The van der Waals surface area contributed by atoms with E-state index in [4.69, 9.17) is 23.7 Å². The van der Waals surface area contributed by atoms with Crippen LogP contribution in [0.25, 0.3) is 0 Å². The fourth-order valence-electron chi connectivity index (χ4n) is 6.94. The summed E-state index contributed by atoms with van der Waals surface area (Å²) in [7, 11) is 0. The zero-order valence-corrected chi connectivity index (χ0v) is 30.7. The Morgan fingerprint density at radius 3 is 2.29 bits per heavy atom. The van der Waals surface area contributed by atoms with E-state index in [1.807, 2.05) is 18.2 Å². The predicted octanol–water partition coefficient (Wildman–Crippen LogP) is 4.53. The van der Waals surface area contributed by atoms with Crippen molar-refractivity contribution in [2.24, 2.45) is 5.92 Å². The van der Waals surface area contributed by atoms with Crippen LogP contribution in [0.4, 0.5) is 9.59 Å². The summed E-state index contributed by atoms with van der Waals surface area (Å²) in [6.07, 6.45) is 4.88. The summed E-state index contributed by atoms with van der Waals surface area (Å²) in [4.78, 5) is 70.8. The smallest absolute Gasteiger partial charge is 0.410 e. The number of rotatable bonds is 14. The number of benzene rings is 1. The highest BCUT2D eigenvalue weighted by atomic mass is 16.6. The first-order chi connectivity index (χ1) is 24.8. The first-order valence-corrected chi connectivity index (χ1v) is 18.2. The normalized spacial score (nSPS) is 23.5. The number of hydrogen-bond acceptors (Lipinski definition) is 10. The highest BCUT2D eigenvalue weighted by Gasteiger charge is 2.62. The van der Waals surface area contributed by atoms with Gasteiger partial charge in [-0.3, -0.25) is 14.5 Å². The Morgan fingerprint density at radius 2 is 1.71 bits per heavy atom. The van der Waals surface area contributed by atoms with Crippen LogP contribution in [0.5, 0.6) is 11.5 Å². The summed E-state index contributed by atoms with van der Waals surface area (Å²) in [5.41, 5.74) is -0.280. The standard InChI is InChI=1S/C38H52N4O10/c1-7-10-11-12-13-14-28(39-35(46)52-37(4,5)6)33(44)42-23-27(19-29(42)32(43)40-38(20-26(38)8-2)34(45)48-9-3)51-36(47)41-21-24-17-30-31(18-25(24)22-41)50-16-15-49-30/h7-8,17-18,26-29H,1-2,9-16,19-23H2,3-6H3,(H,39,46)(H,40,43)/t26-,27-,28+,29+,38-/m1/s1. The number of likely N-dealkylation sites (tertiary alicyclic amines) is 1. The van der Waals surface area contributed by atoms with E-state index < -0.39 is 59.3 Å². The lowest BCUT2D eigenvalue weighted by Gasteiger charge is -2.30. The number of esters is 1. The lowest BCUT2D eigenvalue weighted by molar-refractivity contribution is -0.150. The van der Waals surface area contributed by atoms with E-state index in [2.05, 4.69) is 23.8 Å². The zero-order valence-electron chi connectivity index (χ0n) is 30.7. The second-order valence-corrected chi connectivity index (χ2v) is 14.7. The van der Waals surface area contributed by atoms with Gasteiger partial charge >= 0.3 is 18.2 Å². The molecule has 14 heteroatoms. The Morgan fingerprint density at radius 1 is 1.04 bits per heavy atom. The quantitative estimate of drug-likeness (QED) is 0.121. The van der Waals surface area contributed by atoms with Gasteiger partial charge in [0, 0.05) is 25.4 Å². The summed E-state index contributed by atoms with van der Waals surface area (Å²) in [6, 6.07) is 1.61. The number of ether oxygens (including phenoxy) is 5. The second kappa shape index (κ2) is 16.3. The van der Waals surface area contributed by atoms with Gasteiger partial charge in [-0.15, -0.1) is 13.2 Å². The number of allylic oxidation sites excluding steroid dienone is 1. The Balaban J connectivity index is 1.34. The van der Waals surface area contributed by atoms with Gasteiger partial charge in [-0.25, -0.2) is 14.4 Å². The number of alkyl carbamates (subject to hydrolysis) is 1. The lowest BCUT2D eigenvalue weighted by Crippen LogP contribution is -2.56. The van der Waals surface area contributed by atoms with Crippen LogP contribution in [0, 0.1) is 5.92 Å². The van der Waals surface area contributed by atoms with Gasteiger partial charge in [0.1, 0.15) is 42.5 Å². The van der Waals surface area contributed by atoms with Crippen LogP contribution in [0.2, 0.25) is 0 Å². The number of nitrogens with zero attached hydrogens (tertiary/aromatic N) is 2. The highest BCUT2D eigenvalue weighted by Crippen LogP contribution is 2.46. The number of unbranched alkanes of at least 4 members (excludes halogenated alkanes) is 3. The Hall–Kier alpha value is -4.75. The van der Waals surface area contributed by atoms with Gasteiger partial charge in [-0.05, 0) is 76.6 Å². The molecule has 1 saturated heterocycles. The Labute approximate surface area is 305 Å². The van der Waals surface area contributed by atoms with Crippen LogP contribution in [-0.4, -0.2) is 95.5 Å². The third-order valence-electron chi connectivity index (χ3n) is 9.64. The third-order valence-corrected chi connectivity index (χ3v) is 9.64. The average molecular weight is 725 g/mol. The molecule has 2 fully saturated rings. The van der Waals surface area contributed by atoms with E-state index in [9.17, 15) is 24.0 Å². The minimum Gasteiger partial charge on any atom is -0.486 e. The van der Waals surface area contributed by atoms with Crippen molar-refractivity contribution in [2.45, 2.75) is 115 Å². The van der Waals surface area contributed by atoms with Gasteiger partial charge in [-0.1, -0.05) is 25.0 Å². The van der Waals surface area contributed by atoms with Gasteiger partial charge in [0.25, 0.3) is 0 Å². The SMILES string of the molecule is C=CCCCCC[C@H](NC(=O)OC(C)(C)C)C(=O)N1C[C@H](OC(=O)N2Cc3cc4c(cc3C2)OCCO4)C[C@H]1C(=O)N[C@]1(C(=O)OCC)C[C@H]1C=C. The van der Waals surface area contributed by atoms with Crippen LogP contribution < -0.4 is 20.1 Å². The average Bonchev–Trinajstić information content (AvgIpc) is 3.40. The molecule has 0 aromatic heterocycles. The van der Waals surface area contributed by atoms with Gasteiger partial charge < -0.3 is 39.2 Å². The summed E-state index contributed by atoms with van der Waals surface area (Å²) in [6.45, 7) is 15.9. The van der Waals surface area contributed by atoms with Gasteiger partial charge in [0.15, 0.2) is 11.5 Å². The molecule has 4 aliphatic rings. The largest absolute Gasteiger partial charge is 0.486 e. The molecule has 0 unspecified atom stereocenters. The summed E-state index contributed by atoms with van der Waals surface area (Å²) < 4.78 is 28.1. The molecular formula is C38H52N4O10. The maximum atomic E-state index is 14.4. The molecular weight excluding hydrogens is 672 g/mol. The molecule has 3 aliphatic heterocycles. The van der Waals surface area contributed by atoms with Crippen LogP contribution in [-0.2, 0) is 41.7 Å². The number of amides is 4.